The fraction of sp³-hybridized carbons (Fsp3) is 0.294. The van der Waals surface area contributed by atoms with E-state index in [1.165, 1.54) is 11.1 Å². The van der Waals surface area contributed by atoms with Gasteiger partial charge in [0.15, 0.2) is 0 Å². The van der Waals surface area contributed by atoms with Crippen molar-refractivity contribution in [3.05, 3.63) is 57.4 Å². The molecule has 0 aliphatic carbocycles. The van der Waals surface area contributed by atoms with Crippen LogP contribution in [0.25, 0.3) is 11.3 Å². The Balaban J connectivity index is 2.59. The van der Waals surface area contributed by atoms with E-state index in [4.69, 9.17) is 11.6 Å². The maximum Gasteiger partial charge on any atom is 0.254 e. The van der Waals surface area contributed by atoms with E-state index in [2.05, 4.69) is 13.0 Å². The van der Waals surface area contributed by atoms with Gasteiger partial charge in [0.1, 0.15) is 0 Å². The third-order valence-electron chi connectivity index (χ3n) is 3.70. The van der Waals surface area contributed by atoms with Crippen LogP contribution >= 0.6 is 11.6 Å². The molecule has 0 spiro atoms. The Labute approximate surface area is 129 Å². The van der Waals surface area contributed by atoms with Gasteiger partial charge in [0.2, 0.25) is 5.24 Å². The van der Waals surface area contributed by atoms with Gasteiger partial charge in [-0.1, -0.05) is 18.2 Å². The minimum absolute atomic E-state index is 0.0341. The van der Waals surface area contributed by atoms with Gasteiger partial charge in [-0.15, -0.1) is 0 Å². The first-order chi connectivity index (χ1) is 9.93. The van der Waals surface area contributed by atoms with Gasteiger partial charge < -0.3 is 4.57 Å². The summed E-state index contributed by atoms with van der Waals surface area (Å²) >= 11 is 5.39. The molecule has 1 aromatic heterocycles. The number of rotatable bonds is 4. The van der Waals surface area contributed by atoms with Crippen LogP contribution in [0.5, 0.6) is 0 Å². The maximum absolute atomic E-state index is 12.4. The Morgan fingerprint density at radius 3 is 2.43 bits per heavy atom. The Morgan fingerprint density at radius 2 is 1.86 bits per heavy atom. The molecule has 21 heavy (non-hydrogen) atoms. The Kier molecular flexibility index (Phi) is 4.63. The lowest BCUT2D eigenvalue weighted by Gasteiger charge is -2.14. The van der Waals surface area contributed by atoms with Gasteiger partial charge in [-0.05, 0) is 61.2 Å². The van der Waals surface area contributed by atoms with E-state index in [0.29, 0.717) is 12.1 Å². The topological polar surface area (TPSA) is 39.1 Å². The molecule has 0 N–H and O–H groups in total. The van der Waals surface area contributed by atoms with Gasteiger partial charge in [-0.2, -0.15) is 0 Å². The summed E-state index contributed by atoms with van der Waals surface area (Å²) in [5.41, 5.74) is 4.54. The number of carbonyl (C=O) groups excluding carboxylic acids is 1. The molecule has 0 unspecified atom stereocenters. The van der Waals surface area contributed by atoms with Crippen molar-refractivity contribution in [1.29, 1.82) is 0 Å². The lowest BCUT2D eigenvalue weighted by molar-refractivity contribution is -0.111. The normalized spacial score (nSPS) is 10.7. The minimum Gasteiger partial charge on any atom is -0.308 e. The van der Waals surface area contributed by atoms with Crippen LogP contribution in [0, 0.1) is 13.8 Å². The summed E-state index contributed by atoms with van der Waals surface area (Å²) in [4.78, 5) is 23.5. The quantitative estimate of drug-likeness (QED) is 0.811. The standard InChI is InChI=1S/C17H18ClNO2/c1-4-19-15(13-6-5-11(2)12(3)9-13)8-7-14(17(19)21)10-16(18)20/h5-9H,4,10H2,1-3H3. The zero-order valence-electron chi connectivity index (χ0n) is 12.4. The number of carbonyl (C=O) groups is 1. The highest BCUT2D eigenvalue weighted by Crippen LogP contribution is 2.21. The van der Waals surface area contributed by atoms with E-state index in [-0.39, 0.29) is 12.0 Å². The SMILES string of the molecule is CCn1c(-c2ccc(C)c(C)c2)ccc(CC(=O)Cl)c1=O. The number of halogens is 1. The molecule has 4 heteroatoms. The molecule has 110 valence electrons. The van der Waals surface area contributed by atoms with Gasteiger partial charge in [-0.3, -0.25) is 9.59 Å². The van der Waals surface area contributed by atoms with E-state index >= 15 is 0 Å². The fourth-order valence-corrected chi connectivity index (χ4v) is 2.52. The number of aromatic nitrogens is 1. The van der Waals surface area contributed by atoms with Crippen LogP contribution in [-0.2, 0) is 17.8 Å². The Bertz CT molecular complexity index is 747. The molecule has 0 aliphatic heterocycles. The van der Waals surface area contributed by atoms with Gasteiger partial charge in [-0.25, -0.2) is 0 Å². The number of hydrogen-bond donors (Lipinski definition) is 0. The lowest BCUT2D eigenvalue weighted by atomic mass is 10.0. The second-order valence-electron chi connectivity index (χ2n) is 5.12. The van der Waals surface area contributed by atoms with Crippen LogP contribution in [0.15, 0.2) is 35.1 Å². The van der Waals surface area contributed by atoms with Crippen LogP contribution in [0.2, 0.25) is 0 Å². The van der Waals surface area contributed by atoms with E-state index in [1.54, 1.807) is 10.6 Å². The summed E-state index contributed by atoms with van der Waals surface area (Å²) in [7, 11) is 0. The van der Waals surface area contributed by atoms with Gasteiger partial charge in [0.25, 0.3) is 5.56 Å². The average molecular weight is 304 g/mol. The summed E-state index contributed by atoms with van der Waals surface area (Å²) in [6.07, 6.45) is -0.0341. The predicted molar refractivity (Wildman–Crippen MR) is 85.9 cm³/mol. The third kappa shape index (κ3) is 3.24. The van der Waals surface area contributed by atoms with Crippen LogP contribution < -0.4 is 5.56 Å². The number of benzene rings is 1. The second kappa shape index (κ2) is 6.27. The monoisotopic (exact) mass is 303 g/mol. The number of hydrogen-bond acceptors (Lipinski definition) is 2. The molecule has 0 saturated heterocycles. The Hall–Kier alpha value is -1.87. The highest BCUT2D eigenvalue weighted by atomic mass is 35.5. The van der Waals surface area contributed by atoms with Crippen LogP contribution in [0.3, 0.4) is 0 Å². The second-order valence-corrected chi connectivity index (χ2v) is 5.55. The van der Waals surface area contributed by atoms with Crippen molar-refractivity contribution in [2.75, 3.05) is 0 Å². The lowest BCUT2D eigenvalue weighted by Crippen LogP contribution is -2.25. The third-order valence-corrected chi connectivity index (χ3v) is 3.84. The predicted octanol–water partition coefficient (Wildman–Crippen LogP) is 3.46. The molecular formula is C17H18ClNO2. The summed E-state index contributed by atoms with van der Waals surface area (Å²) in [5, 5.41) is -0.520. The molecule has 1 aromatic carbocycles. The highest BCUT2D eigenvalue weighted by molar-refractivity contribution is 6.63. The molecule has 0 amide bonds. The summed E-state index contributed by atoms with van der Waals surface area (Å²) < 4.78 is 1.68. The van der Waals surface area contributed by atoms with Crippen LogP contribution in [0.1, 0.15) is 23.6 Å². The zero-order valence-corrected chi connectivity index (χ0v) is 13.2. The molecule has 0 bridgehead atoms. The van der Waals surface area contributed by atoms with Crippen molar-refractivity contribution in [2.24, 2.45) is 0 Å². The largest absolute Gasteiger partial charge is 0.308 e. The van der Waals surface area contributed by atoms with Crippen LogP contribution in [0.4, 0.5) is 0 Å². The van der Waals surface area contributed by atoms with Crippen molar-refractivity contribution in [1.82, 2.24) is 4.57 Å². The van der Waals surface area contributed by atoms with E-state index in [1.807, 2.05) is 32.0 Å². The first-order valence-corrected chi connectivity index (χ1v) is 7.30. The molecular weight excluding hydrogens is 286 g/mol. The van der Waals surface area contributed by atoms with Crippen molar-refractivity contribution in [3.63, 3.8) is 0 Å². The molecule has 0 aliphatic rings. The van der Waals surface area contributed by atoms with Gasteiger partial charge in [0.05, 0.1) is 12.1 Å². The van der Waals surface area contributed by atoms with Crippen molar-refractivity contribution in [2.45, 2.75) is 33.7 Å². The average Bonchev–Trinajstić information content (AvgIpc) is 2.43. The first-order valence-electron chi connectivity index (χ1n) is 6.92. The van der Waals surface area contributed by atoms with Crippen LogP contribution in [-0.4, -0.2) is 9.81 Å². The molecule has 0 atom stereocenters. The summed E-state index contributed by atoms with van der Waals surface area (Å²) in [6, 6.07) is 9.70. The van der Waals surface area contributed by atoms with Crippen molar-refractivity contribution < 1.29 is 4.79 Å². The maximum atomic E-state index is 12.4. The summed E-state index contributed by atoms with van der Waals surface area (Å²) in [5.74, 6) is 0. The van der Waals surface area contributed by atoms with Crippen molar-refractivity contribution >= 4 is 16.8 Å². The fourth-order valence-electron chi connectivity index (χ4n) is 2.37. The van der Waals surface area contributed by atoms with Gasteiger partial charge >= 0.3 is 0 Å². The number of aryl methyl sites for hydroxylation is 2. The number of pyridine rings is 1. The summed E-state index contributed by atoms with van der Waals surface area (Å²) in [6.45, 7) is 6.57. The minimum atomic E-state index is -0.520. The smallest absolute Gasteiger partial charge is 0.254 e. The van der Waals surface area contributed by atoms with Crippen molar-refractivity contribution in [3.8, 4) is 11.3 Å². The molecule has 2 aromatic rings. The highest BCUT2D eigenvalue weighted by Gasteiger charge is 2.11. The first kappa shape index (κ1) is 15.5. The van der Waals surface area contributed by atoms with E-state index < -0.39 is 5.24 Å². The zero-order chi connectivity index (χ0) is 15.6. The molecule has 0 saturated carbocycles. The molecule has 3 nitrogen and oxygen atoms in total. The Morgan fingerprint density at radius 1 is 1.14 bits per heavy atom. The molecule has 0 fully saturated rings. The van der Waals surface area contributed by atoms with E-state index in [9.17, 15) is 9.59 Å². The molecule has 1 heterocycles. The molecule has 0 radical (unpaired) electrons. The molecule has 2 rings (SSSR count). The van der Waals surface area contributed by atoms with E-state index in [0.717, 1.165) is 11.3 Å². The number of nitrogens with zero attached hydrogens (tertiary/aromatic N) is 1. The van der Waals surface area contributed by atoms with Gasteiger partial charge in [0, 0.05) is 12.1 Å².